The number of halogens is 3. The van der Waals surface area contributed by atoms with E-state index in [1.807, 2.05) is 35.3 Å². The van der Waals surface area contributed by atoms with Crippen molar-refractivity contribution in [2.45, 2.75) is 44.7 Å². The fourth-order valence-corrected chi connectivity index (χ4v) is 3.65. The summed E-state index contributed by atoms with van der Waals surface area (Å²) in [5, 5.41) is 8.39. The molecule has 2 N–H and O–H groups in total. The summed E-state index contributed by atoms with van der Waals surface area (Å²) in [6.45, 7) is 1.84. The molecule has 9 heteroatoms. The third-order valence-electron chi connectivity index (χ3n) is 5.28. The van der Waals surface area contributed by atoms with Gasteiger partial charge in [0.05, 0.1) is 0 Å². The first-order valence-corrected chi connectivity index (χ1v) is 9.95. The molecule has 3 rings (SSSR count). The molecule has 1 aliphatic rings. The molecule has 0 spiro atoms. The number of aromatic amines is 1. The summed E-state index contributed by atoms with van der Waals surface area (Å²) >= 11 is 0. The van der Waals surface area contributed by atoms with E-state index in [2.05, 4.69) is 16.3 Å². The van der Waals surface area contributed by atoms with E-state index in [0.717, 1.165) is 5.56 Å². The Morgan fingerprint density at radius 2 is 1.97 bits per heavy atom. The van der Waals surface area contributed by atoms with Gasteiger partial charge in [0.2, 0.25) is 5.91 Å². The summed E-state index contributed by atoms with van der Waals surface area (Å²) < 4.78 is 36.7. The minimum atomic E-state index is -4.46. The minimum Gasteiger partial charge on any atom is -0.343 e. The Labute approximate surface area is 172 Å². The molecular weight excluding hydrogens is 397 g/mol. The number of carbonyl (C=O) groups is 2. The first kappa shape index (κ1) is 21.9. The number of alkyl halides is 3. The summed E-state index contributed by atoms with van der Waals surface area (Å²) in [5.74, 6) is -0.659. The van der Waals surface area contributed by atoms with Crippen molar-refractivity contribution in [2.24, 2.45) is 0 Å². The Balaban J connectivity index is 1.46. The molecule has 1 fully saturated rings. The number of rotatable bonds is 6. The maximum Gasteiger partial charge on any atom is 0.405 e. The molecule has 2 amide bonds. The van der Waals surface area contributed by atoms with E-state index >= 15 is 0 Å². The number of nitrogens with one attached hydrogen (secondary N) is 2. The second-order valence-corrected chi connectivity index (χ2v) is 7.65. The van der Waals surface area contributed by atoms with Gasteiger partial charge in [-0.15, -0.1) is 0 Å². The lowest BCUT2D eigenvalue weighted by Crippen LogP contribution is -2.38. The van der Waals surface area contributed by atoms with Crippen LogP contribution in [-0.2, 0) is 11.2 Å². The van der Waals surface area contributed by atoms with Gasteiger partial charge in [0.1, 0.15) is 12.2 Å². The van der Waals surface area contributed by atoms with Gasteiger partial charge in [0.15, 0.2) is 0 Å². The molecule has 0 bridgehead atoms. The first-order chi connectivity index (χ1) is 14.2. The lowest BCUT2D eigenvalue weighted by Gasteiger charge is -2.31. The number of aryl methyl sites for hydroxylation is 2. The fraction of sp³-hybridized carbons (Fsp3) is 0.476. The second kappa shape index (κ2) is 9.32. The SMILES string of the molecule is Cc1cccc(CCC(=O)N2CCC(c3cc(C(=O)NCC(F)(F)F)n[nH]3)CC2)c1. The van der Waals surface area contributed by atoms with E-state index in [1.54, 1.807) is 0 Å². The van der Waals surface area contributed by atoms with Crippen LogP contribution in [0.4, 0.5) is 13.2 Å². The zero-order valence-electron chi connectivity index (χ0n) is 16.8. The number of piperidine rings is 1. The third kappa shape index (κ3) is 6.08. The summed E-state index contributed by atoms with van der Waals surface area (Å²) in [5.41, 5.74) is 2.96. The predicted molar refractivity (Wildman–Crippen MR) is 105 cm³/mol. The van der Waals surface area contributed by atoms with Crippen LogP contribution >= 0.6 is 0 Å². The maximum atomic E-state index is 12.5. The highest BCUT2D eigenvalue weighted by molar-refractivity contribution is 5.92. The molecular formula is C21H25F3N4O2. The van der Waals surface area contributed by atoms with Gasteiger partial charge in [-0.1, -0.05) is 29.8 Å². The number of H-pyrrole nitrogens is 1. The van der Waals surface area contributed by atoms with Gasteiger partial charge >= 0.3 is 6.18 Å². The predicted octanol–water partition coefficient (Wildman–Crippen LogP) is 3.35. The Morgan fingerprint density at radius 1 is 1.23 bits per heavy atom. The fourth-order valence-electron chi connectivity index (χ4n) is 3.65. The summed E-state index contributed by atoms with van der Waals surface area (Å²) in [7, 11) is 0. The van der Waals surface area contributed by atoms with Crippen LogP contribution < -0.4 is 5.32 Å². The molecule has 1 aliphatic heterocycles. The maximum absolute atomic E-state index is 12.5. The molecule has 1 aromatic carbocycles. The number of benzene rings is 1. The average Bonchev–Trinajstić information content (AvgIpc) is 3.20. The van der Waals surface area contributed by atoms with E-state index in [4.69, 9.17) is 0 Å². The van der Waals surface area contributed by atoms with Crippen molar-refractivity contribution in [2.75, 3.05) is 19.6 Å². The van der Waals surface area contributed by atoms with Crippen molar-refractivity contribution in [3.05, 3.63) is 52.8 Å². The number of nitrogens with zero attached hydrogens (tertiary/aromatic N) is 2. The van der Waals surface area contributed by atoms with Gasteiger partial charge in [0, 0.05) is 31.1 Å². The molecule has 2 heterocycles. The van der Waals surface area contributed by atoms with E-state index in [0.29, 0.717) is 44.5 Å². The largest absolute Gasteiger partial charge is 0.405 e. The lowest BCUT2D eigenvalue weighted by atomic mass is 9.93. The number of amides is 2. The highest BCUT2D eigenvalue weighted by atomic mass is 19.4. The van der Waals surface area contributed by atoms with Crippen LogP contribution in [0.25, 0.3) is 0 Å². The topological polar surface area (TPSA) is 78.1 Å². The van der Waals surface area contributed by atoms with E-state index in [-0.39, 0.29) is 17.5 Å². The average molecular weight is 422 g/mol. The van der Waals surface area contributed by atoms with Crippen LogP contribution in [0.3, 0.4) is 0 Å². The van der Waals surface area contributed by atoms with E-state index < -0.39 is 18.6 Å². The molecule has 0 atom stereocenters. The molecule has 0 saturated carbocycles. The van der Waals surface area contributed by atoms with E-state index in [1.165, 1.54) is 11.6 Å². The van der Waals surface area contributed by atoms with Crippen molar-refractivity contribution < 1.29 is 22.8 Å². The first-order valence-electron chi connectivity index (χ1n) is 9.95. The zero-order valence-corrected chi connectivity index (χ0v) is 16.8. The van der Waals surface area contributed by atoms with Gasteiger partial charge in [-0.05, 0) is 37.8 Å². The number of likely N-dealkylation sites (tertiary alicyclic amines) is 1. The van der Waals surface area contributed by atoms with Crippen molar-refractivity contribution >= 4 is 11.8 Å². The monoisotopic (exact) mass is 422 g/mol. The molecule has 162 valence electrons. The van der Waals surface area contributed by atoms with Crippen molar-refractivity contribution in [1.82, 2.24) is 20.4 Å². The second-order valence-electron chi connectivity index (χ2n) is 7.65. The Hall–Kier alpha value is -2.84. The smallest absolute Gasteiger partial charge is 0.343 e. The van der Waals surface area contributed by atoms with Gasteiger partial charge in [-0.25, -0.2) is 0 Å². The van der Waals surface area contributed by atoms with Crippen LogP contribution in [0.1, 0.15) is 52.5 Å². The molecule has 0 radical (unpaired) electrons. The standard InChI is InChI=1S/C21H25F3N4O2/c1-14-3-2-4-15(11-14)5-6-19(29)28-9-7-16(8-10-28)17-12-18(27-26-17)20(30)25-13-21(22,23)24/h2-4,11-12,16H,5-10,13H2,1H3,(H,25,30)(H,26,27). The van der Waals surface area contributed by atoms with Crippen LogP contribution in [-0.4, -0.2) is 52.7 Å². The van der Waals surface area contributed by atoms with Gasteiger partial charge in [0.25, 0.3) is 5.91 Å². The highest BCUT2D eigenvalue weighted by Crippen LogP contribution is 2.27. The third-order valence-corrected chi connectivity index (χ3v) is 5.28. The summed E-state index contributed by atoms with van der Waals surface area (Å²) in [6.07, 6.45) is -1.88. The van der Waals surface area contributed by atoms with Crippen molar-refractivity contribution in [1.29, 1.82) is 0 Å². The Kier molecular flexibility index (Phi) is 6.79. The molecule has 6 nitrogen and oxygen atoms in total. The summed E-state index contributed by atoms with van der Waals surface area (Å²) in [4.78, 5) is 26.1. The van der Waals surface area contributed by atoms with E-state index in [9.17, 15) is 22.8 Å². The van der Waals surface area contributed by atoms with Crippen LogP contribution in [0.2, 0.25) is 0 Å². The number of aromatic nitrogens is 2. The zero-order chi connectivity index (χ0) is 21.7. The summed E-state index contributed by atoms with van der Waals surface area (Å²) in [6, 6.07) is 9.61. The van der Waals surface area contributed by atoms with Crippen molar-refractivity contribution in [3.8, 4) is 0 Å². The van der Waals surface area contributed by atoms with Crippen LogP contribution in [0.5, 0.6) is 0 Å². The number of hydrogen-bond donors (Lipinski definition) is 2. The minimum absolute atomic E-state index is 0.0640. The molecule has 0 unspecified atom stereocenters. The molecule has 0 aliphatic carbocycles. The molecule has 30 heavy (non-hydrogen) atoms. The van der Waals surface area contributed by atoms with Gasteiger partial charge in [-0.3, -0.25) is 14.7 Å². The van der Waals surface area contributed by atoms with Crippen LogP contribution in [0, 0.1) is 6.92 Å². The molecule has 1 saturated heterocycles. The number of hydrogen-bond acceptors (Lipinski definition) is 3. The Bertz CT molecular complexity index is 886. The molecule has 1 aromatic heterocycles. The van der Waals surface area contributed by atoms with Crippen LogP contribution in [0.15, 0.2) is 30.3 Å². The molecule has 2 aromatic rings. The Morgan fingerprint density at radius 3 is 2.63 bits per heavy atom. The number of carbonyl (C=O) groups excluding carboxylic acids is 2. The van der Waals surface area contributed by atoms with Gasteiger partial charge in [-0.2, -0.15) is 18.3 Å². The van der Waals surface area contributed by atoms with Crippen molar-refractivity contribution in [3.63, 3.8) is 0 Å². The normalized spacial score (nSPS) is 15.3. The van der Waals surface area contributed by atoms with Gasteiger partial charge < -0.3 is 10.2 Å². The highest BCUT2D eigenvalue weighted by Gasteiger charge is 2.29. The lowest BCUT2D eigenvalue weighted by molar-refractivity contribution is -0.132. The quantitative estimate of drug-likeness (QED) is 0.750.